The Bertz CT molecular complexity index is 550. The van der Waals surface area contributed by atoms with Crippen LogP contribution in [0.3, 0.4) is 0 Å². The molecule has 0 bridgehead atoms. The first-order chi connectivity index (χ1) is 11.3. The molecule has 6 heteroatoms. The van der Waals surface area contributed by atoms with Crippen molar-refractivity contribution in [3.63, 3.8) is 0 Å². The lowest BCUT2D eigenvalue weighted by Crippen LogP contribution is -2.33. The summed E-state index contributed by atoms with van der Waals surface area (Å²) < 4.78 is 22.0. The molecular weight excluding hydrogens is 310 g/mol. The molecule has 0 unspecified atom stereocenters. The predicted octanol–water partition coefficient (Wildman–Crippen LogP) is 3.31. The van der Waals surface area contributed by atoms with Gasteiger partial charge in [-0.25, -0.2) is 4.79 Å². The molecule has 1 N–H and O–H groups in total. The molecule has 0 heterocycles. The van der Waals surface area contributed by atoms with Gasteiger partial charge in [-0.2, -0.15) is 0 Å². The highest BCUT2D eigenvalue weighted by molar-refractivity contribution is 5.67. The average molecular weight is 337 g/mol. The number of ether oxygens (including phenoxy) is 4. The van der Waals surface area contributed by atoms with E-state index < -0.39 is 11.7 Å². The fourth-order valence-electron chi connectivity index (χ4n) is 2.17. The molecule has 0 aromatic heterocycles. The van der Waals surface area contributed by atoms with E-state index in [0.717, 1.165) is 18.4 Å². The number of benzene rings is 1. The molecule has 1 aliphatic carbocycles. The van der Waals surface area contributed by atoms with Crippen LogP contribution in [-0.2, 0) is 11.2 Å². The molecule has 134 valence electrons. The first-order valence-electron chi connectivity index (χ1n) is 8.21. The van der Waals surface area contributed by atoms with Crippen molar-refractivity contribution >= 4 is 6.09 Å². The minimum atomic E-state index is -0.502. The standard InChI is InChI=1S/C18H27NO5/c1-18(2,3)24-17(20)19-9-8-12-10-14(21-4)16(15(11-12)22-5)23-13-6-7-13/h10-11,13H,6-9H2,1-5H3,(H,19,20). The number of carbonyl (C=O) groups excluding carboxylic acids is 1. The summed E-state index contributed by atoms with van der Waals surface area (Å²) in [6, 6.07) is 3.83. The van der Waals surface area contributed by atoms with E-state index in [9.17, 15) is 4.79 Å². The molecule has 1 amide bonds. The van der Waals surface area contributed by atoms with Gasteiger partial charge in [0.25, 0.3) is 0 Å². The number of rotatable bonds is 7. The lowest BCUT2D eigenvalue weighted by molar-refractivity contribution is 0.0528. The Labute approximate surface area is 143 Å². The largest absolute Gasteiger partial charge is 0.493 e. The second-order valence-electron chi connectivity index (χ2n) is 6.83. The smallest absolute Gasteiger partial charge is 0.407 e. The van der Waals surface area contributed by atoms with Gasteiger partial charge in [0.2, 0.25) is 5.75 Å². The highest BCUT2D eigenvalue weighted by Gasteiger charge is 2.27. The lowest BCUT2D eigenvalue weighted by Gasteiger charge is -2.20. The normalized spacial score (nSPS) is 14.0. The van der Waals surface area contributed by atoms with Crippen LogP contribution in [0.15, 0.2) is 12.1 Å². The molecule has 0 spiro atoms. The minimum Gasteiger partial charge on any atom is -0.493 e. The van der Waals surface area contributed by atoms with E-state index in [1.165, 1.54) is 0 Å². The van der Waals surface area contributed by atoms with E-state index in [2.05, 4.69) is 5.32 Å². The van der Waals surface area contributed by atoms with Gasteiger partial charge in [-0.05, 0) is 57.7 Å². The minimum absolute atomic E-state index is 0.257. The zero-order chi connectivity index (χ0) is 17.7. The van der Waals surface area contributed by atoms with Gasteiger partial charge >= 0.3 is 6.09 Å². The van der Waals surface area contributed by atoms with Crippen molar-refractivity contribution in [2.45, 2.75) is 51.7 Å². The van der Waals surface area contributed by atoms with Crippen molar-refractivity contribution < 1.29 is 23.7 Å². The molecule has 24 heavy (non-hydrogen) atoms. The van der Waals surface area contributed by atoms with Crippen LogP contribution in [0.2, 0.25) is 0 Å². The quantitative estimate of drug-likeness (QED) is 0.827. The van der Waals surface area contributed by atoms with Gasteiger partial charge in [-0.1, -0.05) is 0 Å². The average Bonchev–Trinajstić information content (AvgIpc) is 3.30. The van der Waals surface area contributed by atoms with Gasteiger partial charge < -0.3 is 24.3 Å². The van der Waals surface area contributed by atoms with E-state index in [1.54, 1.807) is 14.2 Å². The van der Waals surface area contributed by atoms with Crippen LogP contribution in [0.1, 0.15) is 39.2 Å². The molecule has 1 saturated carbocycles. The first kappa shape index (κ1) is 18.2. The predicted molar refractivity (Wildman–Crippen MR) is 91.1 cm³/mol. The maximum Gasteiger partial charge on any atom is 0.407 e. The lowest BCUT2D eigenvalue weighted by atomic mass is 10.1. The summed E-state index contributed by atoms with van der Waals surface area (Å²) in [5.74, 6) is 1.94. The summed E-state index contributed by atoms with van der Waals surface area (Å²) in [6.45, 7) is 5.97. The zero-order valence-corrected chi connectivity index (χ0v) is 15.1. The Morgan fingerprint density at radius 3 is 2.21 bits per heavy atom. The molecule has 6 nitrogen and oxygen atoms in total. The van der Waals surface area contributed by atoms with E-state index in [0.29, 0.717) is 30.2 Å². The Hall–Kier alpha value is -2.11. The molecule has 1 aromatic carbocycles. The highest BCUT2D eigenvalue weighted by atomic mass is 16.6. The van der Waals surface area contributed by atoms with Gasteiger partial charge in [-0.15, -0.1) is 0 Å². The molecule has 0 atom stereocenters. The fourth-order valence-corrected chi connectivity index (χ4v) is 2.17. The van der Waals surface area contributed by atoms with Crippen LogP contribution in [0.5, 0.6) is 17.2 Å². The maximum absolute atomic E-state index is 11.7. The number of amides is 1. The topological polar surface area (TPSA) is 66.0 Å². The highest BCUT2D eigenvalue weighted by Crippen LogP contribution is 2.42. The van der Waals surface area contributed by atoms with E-state index >= 15 is 0 Å². The number of hydrogen-bond acceptors (Lipinski definition) is 5. The van der Waals surface area contributed by atoms with Crippen LogP contribution in [0.4, 0.5) is 4.79 Å². The molecule has 0 aliphatic heterocycles. The van der Waals surface area contributed by atoms with Gasteiger partial charge in [-0.3, -0.25) is 0 Å². The second-order valence-corrected chi connectivity index (χ2v) is 6.83. The molecule has 0 radical (unpaired) electrons. The van der Waals surface area contributed by atoms with Crippen LogP contribution < -0.4 is 19.5 Å². The van der Waals surface area contributed by atoms with Crippen molar-refractivity contribution in [2.24, 2.45) is 0 Å². The third-order valence-electron chi connectivity index (χ3n) is 3.41. The molecule has 2 rings (SSSR count). The number of carbonyl (C=O) groups is 1. The number of hydrogen-bond donors (Lipinski definition) is 1. The Balaban J connectivity index is 1.98. The van der Waals surface area contributed by atoms with Crippen molar-refractivity contribution in [1.29, 1.82) is 0 Å². The number of alkyl carbamates (subject to hydrolysis) is 1. The van der Waals surface area contributed by atoms with Gasteiger partial charge in [0.15, 0.2) is 11.5 Å². The zero-order valence-electron chi connectivity index (χ0n) is 15.1. The van der Waals surface area contributed by atoms with Crippen LogP contribution in [0, 0.1) is 0 Å². The Morgan fingerprint density at radius 2 is 1.75 bits per heavy atom. The summed E-state index contributed by atoms with van der Waals surface area (Å²) in [4.78, 5) is 11.7. The van der Waals surface area contributed by atoms with Crippen molar-refractivity contribution in [3.05, 3.63) is 17.7 Å². The third-order valence-corrected chi connectivity index (χ3v) is 3.41. The van der Waals surface area contributed by atoms with Gasteiger partial charge in [0.05, 0.1) is 20.3 Å². The van der Waals surface area contributed by atoms with Crippen molar-refractivity contribution in [3.8, 4) is 17.2 Å². The Kier molecular flexibility index (Phi) is 5.80. The Morgan fingerprint density at radius 1 is 1.17 bits per heavy atom. The SMILES string of the molecule is COc1cc(CCNC(=O)OC(C)(C)C)cc(OC)c1OC1CC1. The van der Waals surface area contributed by atoms with Crippen molar-refractivity contribution in [2.75, 3.05) is 20.8 Å². The molecule has 0 saturated heterocycles. The second kappa shape index (κ2) is 7.64. The monoisotopic (exact) mass is 337 g/mol. The van der Waals surface area contributed by atoms with Gasteiger partial charge in [0, 0.05) is 6.54 Å². The summed E-state index contributed by atoms with van der Waals surface area (Å²) in [6.07, 6.45) is 2.60. The molecular formula is C18H27NO5. The van der Waals surface area contributed by atoms with E-state index in [-0.39, 0.29) is 6.10 Å². The fraction of sp³-hybridized carbons (Fsp3) is 0.611. The van der Waals surface area contributed by atoms with E-state index in [1.807, 2.05) is 32.9 Å². The summed E-state index contributed by atoms with van der Waals surface area (Å²) in [5, 5.41) is 2.75. The van der Waals surface area contributed by atoms with Crippen LogP contribution >= 0.6 is 0 Å². The molecule has 1 aromatic rings. The third kappa shape index (κ3) is 5.51. The number of nitrogens with one attached hydrogen (secondary N) is 1. The molecule has 1 aliphatic rings. The van der Waals surface area contributed by atoms with Crippen LogP contribution in [0.25, 0.3) is 0 Å². The summed E-state index contributed by atoms with van der Waals surface area (Å²) in [5.41, 5.74) is 0.487. The summed E-state index contributed by atoms with van der Waals surface area (Å²) >= 11 is 0. The van der Waals surface area contributed by atoms with Crippen molar-refractivity contribution in [1.82, 2.24) is 5.32 Å². The number of methoxy groups -OCH3 is 2. The summed E-state index contributed by atoms with van der Waals surface area (Å²) in [7, 11) is 3.22. The van der Waals surface area contributed by atoms with E-state index in [4.69, 9.17) is 18.9 Å². The van der Waals surface area contributed by atoms with Gasteiger partial charge in [0.1, 0.15) is 5.60 Å². The molecule has 1 fully saturated rings. The maximum atomic E-state index is 11.7. The first-order valence-corrected chi connectivity index (χ1v) is 8.21. The van der Waals surface area contributed by atoms with Crippen LogP contribution in [-0.4, -0.2) is 38.6 Å².